The number of carbonyl (C=O) groups is 1. The van der Waals surface area contributed by atoms with Gasteiger partial charge in [-0.25, -0.2) is 0 Å². The molecular formula is C21H20N2O2. The number of carbonyl (C=O) groups excluding carboxylic acids is 1. The molecular weight excluding hydrogens is 312 g/mol. The molecule has 4 heteroatoms. The van der Waals surface area contributed by atoms with Crippen LogP contribution in [0.3, 0.4) is 0 Å². The molecule has 126 valence electrons. The number of ether oxygens (including phenoxy) is 1. The summed E-state index contributed by atoms with van der Waals surface area (Å²) in [7, 11) is 0. The average Bonchev–Trinajstić information content (AvgIpc) is 3.28. The number of nitrogens with one attached hydrogen (secondary N) is 1. The molecule has 1 aromatic heterocycles. The smallest absolute Gasteiger partial charge is 0.268 e. The van der Waals surface area contributed by atoms with Gasteiger partial charge in [-0.3, -0.25) is 4.79 Å². The summed E-state index contributed by atoms with van der Waals surface area (Å²) in [5, 5.41) is 3.09. The Morgan fingerprint density at radius 2 is 1.84 bits per heavy atom. The van der Waals surface area contributed by atoms with Crippen molar-refractivity contribution < 1.29 is 9.53 Å². The highest BCUT2D eigenvalue weighted by Crippen LogP contribution is 2.31. The maximum absolute atomic E-state index is 12.7. The number of benzene rings is 2. The van der Waals surface area contributed by atoms with E-state index in [1.165, 1.54) is 5.56 Å². The SMILES string of the molecule is O=C(NC1COc2ccccc21)c1cccn1CCc1ccccc1. The second kappa shape index (κ2) is 6.85. The molecule has 0 radical (unpaired) electrons. The Morgan fingerprint density at radius 1 is 1.04 bits per heavy atom. The Balaban J connectivity index is 1.44. The quantitative estimate of drug-likeness (QED) is 0.776. The molecule has 2 aromatic carbocycles. The zero-order valence-corrected chi connectivity index (χ0v) is 13.9. The van der Waals surface area contributed by atoms with Crippen LogP contribution in [0, 0.1) is 0 Å². The average molecular weight is 332 g/mol. The van der Waals surface area contributed by atoms with Crippen LogP contribution in [0.15, 0.2) is 72.9 Å². The Labute approximate surface area is 147 Å². The Morgan fingerprint density at radius 3 is 2.72 bits per heavy atom. The fourth-order valence-electron chi connectivity index (χ4n) is 3.22. The zero-order valence-electron chi connectivity index (χ0n) is 13.9. The van der Waals surface area contributed by atoms with Gasteiger partial charge in [0.2, 0.25) is 0 Å². The topological polar surface area (TPSA) is 43.3 Å². The third kappa shape index (κ3) is 3.29. The lowest BCUT2D eigenvalue weighted by Gasteiger charge is -2.14. The Bertz CT molecular complexity index is 870. The van der Waals surface area contributed by atoms with E-state index in [2.05, 4.69) is 17.4 Å². The van der Waals surface area contributed by atoms with Gasteiger partial charge in [0.25, 0.3) is 5.91 Å². The number of para-hydroxylation sites is 1. The summed E-state index contributed by atoms with van der Waals surface area (Å²) >= 11 is 0. The van der Waals surface area contributed by atoms with Crippen molar-refractivity contribution in [3.8, 4) is 5.75 Å². The van der Waals surface area contributed by atoms with Gasteiger partial charge in [-0.05, 0) is 30.2 Å². The van der Waals surface area contributed by atoms with E-state index in [4.69, 9.17) is 4.74 Å². The van der Waals surface area contributed by atoms with Crippen molar-refractivity contribution in [2.75, 3.05) is 6.61 Å². The summed E-state index contributed by atoms with van der Waals surface area (Å²) in [6.45, 7) is 1.26. The van der Waals surface area contributed by atoms with E-state index in [9.17, 15) is 4.79 Å². The van der Waals surface area contributed by atoms with Crippen LogP contribution >= 0.6 is 0 Å². The van der Waals surface area contributed by atoms with Gasteiger partial charge in [0.05, 0.1) is 6.04 Å². The van der Waals surface area contributed by atoms with E-state index in [1.54, 1.807) is 0 Å². The summed E-state index contributed by atoms with van der Waals surface area (Å²) in [5.74, 6) is 0.788. The van der Waals surface area contributed by atoms with Gasteiger partial charge in [0.15, 0.2) is 0 Å². The molecule has 1 amide bonds. The standard InChI is InChI=1S/C21H20N2O2/c24-21(22-18-15-25-20-11-5-4-9-17(18)20)19-10-6-13-23(19)14-12-16-7-2-1-3-8-16/h1-11,13,18H,12,14-15H2,(H,22,24). The molecule has 0 saturated heterocycles. The van der Waals surface area contributed by atoms with Gasteiger partial charge in [-0.2, -0.15) is 0 Å². The minimum atomic E-state index is -0.0961. The third-order valence-electron chi connectivity index (χ3n) is 4.55. The lowest BCUT2D eigenvalue weighted by molar-refractivity contribution is 0.0921. The molecule has 25 heavy (non-hydrogen) atoms. The number of hydrogen-bond acceptors (Lipinski definition) is 2. The molecule has 0 aliphatic carbocycles. The van der Waals surface area contributed by atoms with E-state index < -0.39 is 0 Å². The fourth-order valence-corrected chi connectivity index (χ4v) is 3.22. The van der Waals surface area contributed by atoms with Crippen molar-refractivity contribution >= 4 is 5.91 Å². The first-order valence-corrected chi connectivity index (χ1v) is 8.53. The van der Waals surface area contributed by atoms with Gasteiger partial charge in [0, 0.05) is 18.3 Å². The summed E-state index contributed by atoms with van der Waals surface area (Å²) in [6.07, 6.45) is 2.85. The molecule has 4 nitrogen and oxygen atoms in total. The van der Waals surface area contributed by atoms with Crippen LogP contribution < -0.4 is 10.1 Å². The molecule has 0 fully saturated rings. The normalized spacial score (nSPS) is 15.4. The largest absolute Gasteiger partial charge is 0.491 e. The summed E-state index contributed by atoms with van der Waals surface area (Å²) < 4.78 is 7.65. The molecule has 4 rings (SSSR count). The molecule has 1 N–H and O–H groups in total. The number of amides is 1. The van der Waals surface area contributed by atoms with Crippen LogP contribution in [-0.2, 0) is 13.0 Å². The van der Waals surface area contributed by atoms with Crippen LogP contribution in [0.1, 0.15) is 27.7 Å². The van der Waals surface area contributed by atoms with E-state index in [1.807, 2.05) is 65.4 Å². The second-order valence-corrected chi connectivity index (χ2v) is 6.20. The molecule has 3 aromatic rings. The first-order valence-electron chi connectivity index (χ1n) is 8.53. The van der Waals surface area contributed by atoms with E-state index >= 15 is 0 Å². The summed E-state index contributed by atoms with van der Waals surface area (Å²) in [4.78, 5) is 12.7. The molecule has 1 atom stereocenters. The van der Waals surface area contributed by atoms with Gasteiger partial charge in [0.1, 0.15) is 18.1 Å². The fraction of sp³-hybridized carbons (Fsp3) is 0.190. The third-order valence-corrected chi connectivity index (χ3v) is 4.55. The Kier molecular flexibility index (Phi) is 4.25. The molecule has 0 bridgehead atoms. The van der Waals surface area contributed by atoms with Crippen LogP contribution in [-0.4, -0.2) is 17.1 Å². The first kappa shape index (κ1) is 15.5. The van der Waals surface area contributed by atoms with Crippen LogP contribution in [0.2, 0.25) is 0 Å². The van der Waals surface area contributed by atoms with Crippen LogP contribution in [0.5, 0.6) is 5.75 Å². The highest BCUT2D eigenvalue weighted by Gasteiger charge is 2.26. The van der Waals surface area contributed by atoms with Gasteiger partial charge >= 0.3 is 0 Å². The van der Waals surface area contributed by atoms with Crippen molar-refractivity contribution in [3.63, 3.8) is 0 Å². The van der Waals surface area contributed by atoms with Gasteiger partial charge in [-0.1, -0.05) is 48.5 Å². The number of aromatic nitrogens is 1. The predicted octanol–water partition coefficient (Wildman–Crippen LogP) is 3.59. The first-order chi connectivity index (χ1) is 12.3. The number of hydrogen-bond donors (Lipinski definition) is 1. The molecule has 1 unspecified atom stereocenters. The minimum Gasteiger partial charge on any atom is -0.491 e. The molecule has 2 heterocycles. The molecule has 0 spiro atoms. The highest BCUT2D eigenvalue weighted by atomic mass is 16.5. The van der Waals surface area contributed by atoms with Crippen molar-refractivity contribution in [2.45, 2.75) is 19.0 Å². The van der Waals surface area contributed by atoms with Gasteiger partial charge in [-0.15, -0.1) is 0 Å². The maximum atomic E-state index is 12.7. The number of aryl methyl sites for hydroxylation is 2. The van der Waals surface area contributed by atoms with Crippen molar-refractivity contribution in [1.29, 1.82) is 0 Å². The predicted molar refractivity (Wildman–Crippen MR) is 96.7 cm³/mol. The van der Waals surface area contributed by atoms with Gasteiger partial charge < -0.3 is 14.6 Å². The lowest BCUT2D eigenvalue weighted by Crippen LogP contribution is -2.31. The van der Waals surface area contributed by atoms with E-state index in [0.717, 1.165) is 24.3 Å². The number of nitrogens with zero attached hydrogens (tertiary/aromatic N) is 1. The maximum Gasteiger partial charge on any atom is 0.268 e. The molecule has 0 saturated carbocycles. The summed E-state index contributed by atoms with van der Waals surface area (Å²) in [5.41, 5.74) is 2.99. The van der Waals surface area contributed by atoms with Crippen LogP contribution in [0.25, 0.3) is 0 Å². The zero-order chi connectivity index (χ0) is 17.1. The van der Waals surface area contributed by atoms with E-state index in [0.29, 0.717) is 12.3 Å². The highest BCUT2D eigenvalue weighted by molar-refractivity contribution is 5.93. The van der Waals surface area contributed by atoms with Crippen LogP contribution in [0.4, 0.5) is 0 Å². The van der Waals surface area contributed by atoms with Crippen molar-refractivity contribution in [2.24, 2.45) is 0 Å². The Hall–Kier alpha value is -3.01. The van der Waals surface area contributed by atoms with Crippen molar-refractivity contribution in [1.82, 2.24) is 9.88 Å². The lowest BCUT2D eigenvalue weighted by atomic mass is 10.1. The monoisotopic (exact) mass is 332 g/mol. The molecule has 1 aliphatic rings. The van der Waals surface area contributed by atoms with Crippen molar-refractivity contribution in [3.05, 3.63) is 89.7 Å². The molecule has 1 aliphatic heterocycles. The number of rotatable bonds is 5. The van der Waals surface area contributed by atoms with E-state index in [-0.39, 0.29) is 11.9 Å². The second-order valence-electron chi connectivity index (χ2n) is 6.20. The number of fused-ring (bicyclic) bond motifs is 1. The minimum absolute atomic E-state index is 0.0663. The summed E-state index contributed by atoms with van der Waals surface area (Å²) in [6, 6.07) is 21.8.